The lowest BCUT2D eigenvalue weighted by Crippen LogP contribution is -1.89. The van der Waals surface area contributed by atoms with Crippen molar-refractivity contribution in [1.82, 2.24) is 0 Å². The molecular weight excluding hydrogens is 182 g/mol. The fourth-order valence-corrected chi connectivity index (χ4v) is 1.80. The minimum Gasteiger partial charge on any atom is -0.368 e. The topological polar surface area (TPSA) is 3.01 Å². The zero-order chi connectivity index (χ0) is 10.1. The van der Waals surface area contributed by atoms with E-state index in [0.29, 0.717) is 0 Å². The van der Waals surface area contributed by atoms with Crippen LogP contribution in [0, 0.1) is 0 Å². The molecular formula is C14H13N. The average molecular weight is 195 g/mol. The van der Waals surface area contributed by atoms with Crippen molar-refractivity contribution in [3.63, 3.8) is 0 Å². The fraction of sp³-hybridized carbons (Fsp3) is 0.143. The van der Waals surface area contributed by atoms with Gasteiger partial charge in [-0.2, -0.15) is 0 Å². The number of nitrogens with zero attached hydrogens (tertiary/aromatic N) is 1. The Kier molecular flexibility index (Phi) is 1.95. The first-order chi connectivity index (χ1) is 7.43. The molecule has 1 fully saturated rings. The molecule has 1 nitrogen and oxygen atoms in total. The molecule has 2 aromatic rings. The van der Waals surface area contributed by atoms with Crippen LogP contribution in [0.5, 0.6) is 0 Å². The lowest BCUT2D eigenvalue weighted by atomic mass is 10.1. The van der Waals surface area contributed by atoms with E-state index >= 15 is 0 Å². The maximum absolute atomic E-state index is 2.36. The molecule has 0 radical (unpaired) electrons. The van der Waals surface area contributed by atoms with E-state index < -0.39 is 0 Å². The first-order valence-electron chi connectivity index (χ1n) is 5.34. The van der Waals surface area contributed by atoms with Gasteiger partial charge in [-0.3, -0.25) is 0 Å². The Labute approximate surface area is 90.0 Å². The fourth-order valence-electron chi connectivity index (χ4n) is 1.80. The van der Waals surface area contributed by atoms with E-state index in [4.69, 9.17) is 0 Å². The molecule has 1 aliphatic heterocycles. The molecule has 0 amide bonds. The summed E-state index contributed by atoms with van der Waals surface area (Å²) < 4.78 is 0. The summed E-state index contributed by atoms with van der Waals surface area (Å²) in [5, 5.41) is 0. The summed E-state index contributed by atoms with van der Waals surface area (Å²) in [4.78, 5) is 2.36. The Bertz CT molecular complexity index is 441. The Morgan fingerprint density at radius 1 is 0.667 bits per heavy atom. The standard InChI is InChI=1S/C14H13N/c1-2-4-12(5-3-1)13-6-8-14(9-7-13)15-10-11-15/h1-9H,10-11H2. The van der Waals surface area contributed by atoms with Gasteiger partial charge in [0.15, 0.2) is 0 Å². The molecule has 0 atom stereocenters. The second-order valence-corrected chi connectivity index (χ2v) is 3.90. The van der Waals surface area contributed by atoms with E-state index in [1.165, 1.54) is 29.9 Å². The minimum absolute atomic E-state index is 1.21. The number of rotatable bonds is 2. The van der Waals surface area contributed by atoms with Crippen molar-refractivity contribution in [3.8, 4) is 11.1 Å². The highest BCUT2D eigenvalue weighted by atomic mass is 15.3. The van der Waals surface area contributed by atoms with E-state index in [2.05, 4.69) is 53.4 Å². The van der Waals surface area contributed by atoms with Crippen LogP contribution in [0.1, 0.15) is 0 Å². The Morgan fingerprint density at radius 2 is 1.27 bits per heavy atom. The van der Waals surface area contributed by atoms with Crippen molar-refractivity contribution in [2.45, 2.75) is 0 Å². The van der Waals surface area contributed by atoms with Crippen LogP contribution in [-0.4, -0.2) is 13.1 Å². The van der Waals surface area contributed by atoms with Crippen molar-refractivity contribution in [2.75, 3.05) is 18.0 Å². The van der Waals surface area contributed by atoms with Gasteiger partial charge in [-0.1, -0.05) is 42.5 Å². The molecule has 2 aromatic carbocycles. The zero-order valence-electron chi connectivity index (χ0n) is 8.56. The molecule has 0 aliphatic carbocycles. The smallest absolute Gasteiger partial charge is 0.0367 e. The van der Waals surface area contributed by atoms with Crippen molar-refractivity contribution in [2.24, 2.45) is 0 Å². The maximum atomic E-state index is 2.36. The molecule has 1 heteroatoms. The molecule has 0 saturated carbocycles. The van der Waals surface area contributed by atoms with Crippen molar-refractivity contribution in [3.05, 3.63) is 54.6 Å². The molecule has 74 valence electrons. The molecule has 0 aromatic heterocycles. The molecule has 3 rings (SSSR count). The monoisotopic (exact) mass is 195 g/mol. The summed E-state index contributed by atoms with van der Waals surface area (Å²) in [6.45, 7) is 2.43. The van der Waals surface area contributed by atoms with Gasteiger partial charge in [0.05, 0.1) is 0 Å². The van der Waals surface area contributed by atoms with Gasteiger partial charge in [-0.05, 0) is 23.3 Å². The van der Waals surface area contributed by atoms with Gasteiger partial charge in [-0.25, -0.2) is 0 Å². The van der Waals surface area contributed by atoms with E-state index in [1.807, 2.05) is 6.07 Å². The van der Waals surface area contributed by atoms with E-state index in [0.717, 1.165) is 0 Å². The summed E-state index contributed by atoms with van der Waals surface area (Å²) in [6.07, 6.45) is 0. The molecule has 0 N–H and O–H groups in total. The number of anilines is 1. The zero-order valence-corrected chi connectivity index (χ0v) is 8.56. The molecule has 0 unspecified atom stereocenters. The first-order valence-corrected chi connectivity index (χ1v) is 5.34. The van der Waals surface area contributed by atoms with Crippen LogP contribution in [0.4, 0.5) is 5.69 Å². The third-order valence-corrected chi connectivity index (χ3v) is 2.79. The van der Waals surface area contributed by atoms with E-state index in [-0.39, 0.29) is 0 Å². The van der Waals surface area contributed by atoms with Gasteiger partial charge in [0.25, 0.3) is 0 Å². The summed E-state index contributed by atoms with van der Waals surface area (Å²) >= 11 is 0. The number of hydrogen-bond acceptors (Lipinski definition) is 1. The number of hydrogen-bond donors (Lipinski definition) is 0. The Balaban J connectivity index is 1.93. The van der Waals surface area contributed by atoms with Crippen LogP contribution in [0.15, 0.2) is 54.6 Å². The first kappa shape index (κ1) is 8.54. The van der Waals surface area contributed by atoms with Gasteiger partial charge < -0.3 is 4.90 Å². The number of benzene rings is 2. The van der Waals surface area contributed by atoms with Gasteiger partial charge in [0, 0.05) is 18.8 Å². The largest absolute Gasteiger partial charge is 0.368 e. The molecule has 15 heavy (non-hydrogen) atoms. The Morgan fingerprint density at radius 3 is 1.87 bits per heavy atom. The highest BCUT2D eigenvalue weighted by Crippen LogP contribution is 2.25. The maximum Gasteiger partial charge on any atom is 0.0367 e. The van der Waals surface area contributed by atoms with Crippen molar-refractivity contribution in [1.29, 1.82) is 0 Å². The quantitative estimate of drug-likeness (QED) is 0.665. The normalized spacial score (nSPS) is 14.0. The molecule has 0 spiro atoms. The van der Waals surface area contributed by atoms with E-state index in [1.54, 1.807) is 0 Å². The highest BCUT2D eigenvalue weighted by Gasteiger charge is 2.16. The SMILES string of the molecule is c1ccc(-c2ccc(N3CC3)cc2)cc1. The molecule has 0 bridgehead atoms. The second-order valence-electron chi connectivity index (χ2n) is 3.90. The minimum atomic E-state index is 1.21. The summed E-state index contributed by atoms with van der Waals surface area (Å²) in [6, 6.07) is 19.3. The second kappa shape index (κ2) is 3.43. The molecule has 1 aliphatic rings. The predicted molar refractivity (Wildman–Crippen MR) is 64.1 cm³/mol. The highest BCUT2D eigenvalue weighted by molar-refractivity contribution is 5.66. The average Bonchev–Trinajstić information content (AvgIpc) is 3.15. The summed E-state index contributed by atoms with van der Waals surface area (Å²) in [7, 11) is 0. The van der Waals surface area contributed by atoms with Crippen LogP contribution in [0.3, 0.4) is 0 Å². The summed E-state index contributed by atoms with van der Waals surface area (Å²) in [5.74, 6) is 0. The third-order valence-electron chi connectivity index (χ3n) is 2.79. The van der Waals surface area contributed by atoms with Gasteiger partial charge in [0.1, 0.15) is 0 Å². The van der Waals surface area contributed by atoms with Crippen LogP contribution in [0.2, 0.25) is 0 Å². The van der Waals surface area contributed by atoms with Gasteiger partial charge >= 0.3 is 0 Å². The van der Waals surface area contributed by atoms with Crippen molar-refractivity contribution >= 4 is 5.69 Å². The van der Waals surface area contributed by atoms with Crippen LogP contribution in [-0.2, 0) is 0 Å². The van der Waals surface area contributed by atoms with Gasteiger partial charge in [-0.15, -0.1) is 0 Å². The van der Waals surface area contributed by atoms with Gasteiger partial charge in [0.2, 0.25) is 0 Å². The van der Waals surface area contributed by atoms with Crippen LogP contribution < -0.4 is 4.90 Å². The molecule has 1 heterocycles. The lowest BCUT2D eigenvalue weighted by Gasteiger charge is -2.04. The third kappa shape index (κ3) is 1.73. The summed E-state index contributed by atoms with van der Waals surface area (Å²) in [5.41, 5.74) is 3.92. The van der Waals surface area contributed by atoms with Crippen LogP contribution in [0.25, 0.3) is 11.1 Å². The van der Waals surface area contributed by atoms with Crippen LogP contribution >= 0.6 is 0 Å². The van der Waals surface area contributed by atoms with Crippen molar-refractivity contribution < 1.29 is 0 Å². The Hall–Kier alpha value is -1.76. The lowest BCUT2D eigenvalue weighted by molar-refractivity contribution is 1.40. The molecule has 1 saturated heterocycles. The van der Waals surface area contributed by atoms with E-state index in [9.17, 15) is 0 Å². The predicted octanol–water partition coefficient (Wildman–Crippen LogP) is 3.17.